The lowest BCUT2D eigenvalue weighted by Crippen LogP contribution is -2.41. The van der Waals surface area contributed by atoms with Crippen molar-refractivity contribution in [3.63, 3.8) is 0 Å². The lowest BCUT2D eigenvalue weighted by atomic mass is 9.95. The van der Waals surface area contributed by atoms with Gasteiger partial charge in [0.15, 0.2) is 0 Å². The zero-order chi connectivity index (χ0) is 17.2. The van der Waals surface area contributed by atoms with E-state index in [0.717, 1.165) is 18.4 Å². The first-order valence-electron chi connectivity index (χ1n) is 8.06. The Hall–Kier alpha value is -2.07. The van der Waals surface area contributed by atoms with Gasteiger partial charge in [0.1, 0.15) is 5.82 Å². The van der Waals surface area contributed by atoms with Crippen LogP contribution in [-0.4, -0.2) is 12.6 Å². The molecule has 3 rings (SSSR count). The van der Waals surface area contributed by atoms with Crippen LogP contribution in [0.1, 0.15) is 36.9 Å². The monoisotopic (exact) mass is 346 g/mol. The van der Waals surface area contributed by atoms with E-state index < -0.39 is 0 Å². The van der Waals surface area contributed by atoms with Crippen molar-refractivity contribution in [3.05, 3.63) is 70.5 Å². The van der Waals surface area contributed by atoms with Crippen molar-refractivity contribution < 1.29 is 9.18 Å². The van der Waals surface area contributed by atoms with Gasteiger partial charge >= 0.3 is 6.03 Å². The van der Waals surface area contributed by atoms with Gasteiger partial charge in [0, 0.05) is 17.0 Å². The molecule has 24 heavy (non-hydrogen) atoms. The molecule has 0 heterocycles. The van der Waals surface area contributed by atoms with Gasteiger partial charge in [0.05, 0.1) is 6.04 Å². The van der Waals surface area contributed by atoms with Crippen LogP contribution >= 0.6 is 11.6 Å². The molecule has 1 fully saturated rings. The van der Waals surface area contributed by atoms with Crippen LogP contribution in [0.25, 0.3) is 0 Å². The van der Waals surface area contributed by atoms with Gasteiger partial charge in [-0.3, -0.25) is 0 Å². The smallest absolute Gasteiger partial charge is 0.315 e. The summed E-state index contributed by atoms with van der Waals surface area (Å²) in [6.45, 7) is 2.31. The van der Waals surface area contributed by atoms with Gasteiger partial charge in [0.25, 0.3) is 0 Å². The second-order valence-electron chi connectivity index (χ2n) is 6.33. The first-order valence-corrected chi connectivity index (χ1v) is 8.43. The summed E-state index contributed by atoms with van der Waals surface area (Å²) in [7, 11) is 0. The fraction of sp³-hybridized carbons (Fsp3) is 0.316. The lowest BCUT2D eigenvalue weighted by Gasteiger charge is -2.20. The molecule has 0 radical (unpaired) electrons. The minimum absolute atomic E-state index is 0.206. The molecular weight excluding hydrogens is 327 g/mol. The Labute approximate surface area is 146 Å². The second kappa shape index (κ2) is 6.81. The topological polar surface area (TPSA) is 41.1 Å². The van der Waals surface area contributed by atoms with Crippen molar-refractivity contribution in [2.45, 2.75) is 31.2 Å². The minimum atomic E-state index is -0.273. The highest BCUT2D eigenvalue weighted by molar-refractivity contribution is 6.31. The Morgan fingerprint density at radius 1 is 1.21 bits per heavy atom. The number of carbonyl (C=O) groups is 1. The number of carbonyl (C=O) groups excluding carboxylic acids is 1. The first-order chi connectivity index (χ1) is 11.5. The summed E-state index contributed by atoms with van der Waals surface area (Å²) < 4.78 is 14.0. The minimum Gasteiger partial charge on any atom is -0.337 e. The van der Waals surface area contributed by atoms with Gasteiger partial charge in [-0.1, -0.05) is 48.0 Å². The van der Waals surface area contributed by atoms with Gasteiger partial charge in [-0.25, -0.2) is 9.18 Å². The normalized spacial score (nSPS) is 16.3. The zero-order valence-corrected chi connectivity index (χ0v) is 14.2. The summed E-state index contributed by atoms with van der Waals surface area (Å²) in [5.74, 6) is -0.207. The van der Waals surface area contributed by atoms with Crippen molar-refractivity contribution in [2.75, 3.05) is 6.54 Å². The van der Waals surface area contributed by atoms with Crippen LogP contribution in [0, 0.1) is 5.82 Å². The van der Waals surface area contributed by atoms with E-state index in [0.29, 0.717) is 17.1 Å². The molecule has 1 saturated carbocycles. The Balaban J connectivity index is 1.58. The summed E-state index contributed by atoms with van der Waals surface area (Å²) in [5, 5.41) is 6.37. The average molecular weight is 347 g/mol. The maximum atomic E-state index is 14.0. The summed E-state index contributed by atoms with van der Waals surface area (Å²) >= 11 is 6.15. The van der Waals surface area contributed by atoms with E-state index in [1.165, 1.54) is 6.07 Å². The van der Waals surface area contributed by atoms with E-state index in [9.17, 15) is 9.18 Å². The number of nitrogens with one attached hydrogen (secondary N) is 2. The molecule has 0 spiro atoms. The molecule has 126 valence electrons. The third kappa shape index (κ3) is 3.54. The lowest BCUT2D eigenvalue weighted by molar-refractivity contribution is 0.236. The van der Waals surface area contributed by atoms with Crippen molar-refractivity contribution in [2.24, 2.45) is 0 Å². The highest BCUT2D eigenvalue weighted by Crippen LogP contribution is 2.48. The molecule has 0 saturated heterocycles. The number of urea groups is 1. The van der Waals surface area contributed by atoms with Crippen LogP contribution in [-0.2, 0) is 5.41 Å². The third-order valence-corrected chi connectivity index (χ3v) is 4.95. The molecule has 2 aromatic carbocycles. The van der Waals surface area contributed by atoms with Gasteiger partial charge < -0.3 is 10.6 Å². The first kappa shape index (κ1) is 16.8. The van der Waals surface area contributed by atoms with Crippen molar-refractivity contribution in [3.8, 4) is 0 Å². The highest BCUT2D eigenvalue weighted by atomic mass is 35.5. The number of rotatable bonds is 5. The molecule has 5 heteroatoms. The van der Waals surface area contributed by atoms with Crippen LogP contribution in [0.5, 0.6) is 0 Å². The maximum Gasteiger partial charge on any atom is 0.315 e. The van der Waals surface area contributed by atoms with Crippen molar-refractivity contribution >= 4 is 17.6 Å². The quantitative estimate of drug-likeness (QED) is 0.818. The summed E-state index contributed by atoms with van der Waals surface area (Å²) in [5.41, 5.74) is 1.28. The summed E-state index contributed by atoms with van der Waals surface area (Å²) in [4.78, 5) is 12.2. The summed E-state index contributed by atoms with van der Waals surface area (Å²) in [6.07, 6.45) is 1.77. The Kier molecular flexibility index (Phi) is 4.76. The number of benzene rings is 2. The van der Waals surface area contributed by atoms with E-state index in [1.807, 2.05) is 31.2 Å². The Bertz CT molecular complexity index is 746. The standard InChI is InChI=1S/C19H20ClFN2O/c1-13(14-6-2-4-8-16(14)20)23-18(24)22-12-19(10-11-19)15-7-3-5-9-17(15)21/h2-9,13H,10-12H2,1H3,(H2,22,23,24). The predicted molar refractivity (Wildman–Crippen MR) is 93.7 cm³/mol. The largest absolute Gasteiger partial charge is 0.337 e. The number of amides is 2. The molecule has 2 aromatic rings. The molecule has 1 aliphatic rings. The SMILES string of the molecule is CC(NC(=O)NCC1(c2ccccc2F)CC1)c1ccccc1Cl. The average Bonchev–Trinajstić information content (AvgIpc) is 3.35. The Morgan fingerprint density at radius 2 is 1.88 bits per heavy atom. The zero-order valence-electron chi connectivity index (χ0n) is 13.5. The van der Waals surface area contributed by atoms with Crippen molar-refractivity contribution in [1.29, 1.82) is 0 Å². The molecule has 0 bridgehead atoms. The molecule has 0 aromatic heterocycles. The summed E-state index contributed by atoms with van der Waals surface area (Å²) in [6, 6.07) is 13.7. The van der Waals surface area contributed by atoms with Gasteiger partial charge in [-0.05, 0) is 43.0 Å². The molecule has 3 nitrogen and oxygen atoms in total. The van der Waals surface area contributed by atoms with E-state index in [4.69, 9.17) is 11.6 Å². The third-order valence-electron chi connectivity index (χ3n) is 4.61. The van der Waals surface area contributed by atoms with Crippen LogP contribution < -0.4 is 10.6 Å². The van der Waals surface area contributed by atoms with Crippen LogP contribution in [0.4, 0.5) is 9.18 Å². The number of hydrogen-bond acceptors (Lipinski definition) is 1. The van der Waals surface area contributed by atoms with E-state index in [2.05, 4.69) is 10.6 Å². The highest BCUT2D eigenvalue weighted by Gasteiger charge is 2.46. The number of halogens is 2. The van der Waals surface area contributed by atoms with Gasteiger partial charge in [-0.2, -0.15) is 0 Å². The van der Waals surface area contributed by atoms with E-state index in [1.54, 1.807) is 18.2 Å². The Morgan fingerprint density at radius 3 is 2.54 bits per heavy atom. The molecule has 1 atom stereocenters. The van der Waals surface area contributed by atoms with Crippen LogP contribution in [0.3, 0.4) is 0 Å². The van der Waals surface area contributed by atoms with Gasteiger partial charge in [-0.15, -0.1) is 0 Å². The van der Waals surface area contributed by atoms with Crippen LogP contribution in [0.15, 0.2) is 48.5 Å². The van der Waals surface area contributed by atoms with Gasteiger partial charge in [0.2, 0.25) is 0 Å². The fourth-order valence-electron chi connectivity index (χ4n) is 2.98. The maximum absolute atomic E-state index is 14.0. The molecule has 1 aliphatic carbocycles. The number of hydrogen-bond donors (Lipinski definition) is 2. The van der Waals surface area contributed by atoms with E-state index in [-0.39, 0.29) is 23.3 Å². The second-order valence-corrected chi connectivity index (χ2v) is 6.74. The molecular formula is C19H20ClFN2O. The van der Waals surface area contributed by atoms with Crippen LogP contribution in [0.2, 0.25) is 5.02 Å². The molecule has 0 aliphatic heterocycles. The molecule has 2 amide bonds. The predicted octanol–water partition coefficient (Wildman–Crippen LogP) is 4.57. The molecule has 2 N–H and O–H groups in total. The van der Waals surface area contributed by atoms with Crippen molar-refractivity contribution in [1.82, 2.24) is 10.6 Å². The fourth-order valence-corrected chi connectivity index (χ4v) is 3.28. The van der Waals surface area contributed by atoms with E-state index >= 15 is 0 Å². The molecule has 1 unspecified atom stereocenters.